The number of fused-ring (bicyclic) bond motifs is 1. The van der Waals surface area contributed by atoms with E-state index in [2.05, 4.69) is 4.99 Å². The van der Waals surface area contributed by atoms with Crippen LogP contribution in [-0.4, -0.2) is 56.5 Å². The monoisotopic (exact) mass is 412 g/mol. The molecule has 2 atom stereocenters. The third-order valence-corrected chi connectivity index (χ3v) is 7.73. The minimum Gasteiger partial charge on any atom is -0.497 e. The van der Waals surface area contributed by atoms with Crippen LogP contribution in [0, 0.1) is 5.92 Å². The van der Waals surface area contributed by atoms with Gasteiger partial charge in [-0.3, -0.25) is 4.79 Å². The second kappa shape index (κ2) is 7.71. The summed E-state index contributed by atoms with van der Waals surface area (Å²) in [4.78, 5) is 18.5. The molecule has 0 aliphatic carbocycles. The molecule has 2 fully saturated rings. The number of hydrogen-bond donors (Lipinski definition) is 0. The lowest BCUT2D eigenvalue weighted by Crippen LogP contribution is -2.38. The number of hydrogen-bond acceptors (Lipinski definition) is 6. The highest BCUT2D eigenvalue weighted by Gasteiger charge is 2.50. The van der Waals surface area contributed by atoms with Crippen LogP contribution >= 0.6 is 11.8 Å². The Morgan fingerprint density at radius 1 is 1.30 bits per heavy atom. The highest BCUT2D eigenvalue weighted by atomic mass is 32.2. The zero-order valence-corrected chi connectivity index (χ0v) is 17.5. The second-order valence-electron chi connectivity index (χ2n) is 7.09. The van der Waals surface area contributed by atoms with Crippen LogP contribution in [-0.2, 0) is 14.6 Å². The molecule has 1 aromatic rings. The third-order valence-electron chi connectivity index (χ3n) is 4.52. The molecule has 1 aromatic carbocycles. The first-order chi connectivity index (χ1) is 12.7. The number of ether oxygens (including phenoxy) is 2. The normalized spacial score (nSPS) is 25.1. The number of anilines is 1. The summed E-state index contributed by atoms with van der Waals surface area (Å²) in [6.07, 6.45) is 0.348. The molecule has 9 heteroatoms. The molecular weight excluding hydrogens is 388 g/mol. The van der Waals surface area contributed by atoms with Crippen molar-refractivity contribution in [1.29, 1.82) is 0 Å². The lowest BCUT2D eigenvalue weighted by Gasteiger charge is -2.26. The van der Waals surface area contributed by atoms with Crippen LogP contribution in [0.2, 0.25) is 0 Å². The predicted molar refractivity (Wildman–Crippen MR) is 108 cm³/mol. The van der Waals surface area contributed by atoms with Gasteiger partial charge in [0.1, 0.15) is 11.5 Å². The van der Waals surface area contributed by atoms with Gasteiger partial charge < -0.3 is 14.4 Å². The van der Waals surface area contributed by atoms with Gasteiger partial charge >= 0.3 is 0 Å². The summed E-state index contributed by atoms with van der Waals surface area (Å²) in [6, 6.07) is 5.04. The van der Waals surface area contributed by atoms with Gasteiger partial charge in [-0.1, -0.05) is 25.6 Å². The van der Waals surface area contributed by atoms with E-state index in [1.54, 1.807) is 32.4 Å². The van der Waals surface area contributed by atoms with Gasteiger partial charge in [-0.25, -0.2) is 8.42 Å². The van der Waals surface area contributed by atoms with Crippen molar-refractivity contribution in [1.82, 2.24) is 0 Å². The smallest absolute Gasteiger partial charge is 0.248 e. The molecule has 7 nitrogen and oxygen atoms in total. The molecule has 2 saturated heterocycles. The van der Waals surface area contributed by atoms with Crippen LogP contribution in [0.3, 0.4) is 0 Å². The number of thioether (sulfide) groups is 1. The molecule has 27 heavy (non-hydrogen) atoms. The third kappa shape index (κ3) is 4.24. The number of aliphatic imine (C=N–C) groups is 1. The Bertz CT molecular complexity index is 867. The first-order valence-corrected chi connectivity index (χ1v) is 11.4. The molecule has 2 heterocycles. The Morgan fingerprint density at radius 3 is 2.67 bits per heavy atom. The van der Waals surface area contributed by atoms with Crippen molar-refractivity contribution in [2.45, 2.75) is 31.6 Å². The largest absolute Gasteiger partial charge is 0.497 e. The average Bonchev–Trinajstić information content (AvgIpc) is 3.04. The molecule has 0 spiro atoms. The summed E-state index contributed by atoms with van der Waals surface area (Å²) in [5.41, 5.74) is 0.657. The van der Waals surface area contributed by atoms with Gasteiger partial charge in [-0.05, 0) is 18.1 Å². The highest BCUT2D eigenvalue weighted by molar-refractivity contribution is 8.16. The van der Waals surface area contributed by atoms with E-state index in [1.165, 1.54) is 11.8 Å². The van der Waals surface area contributed by atoms with E-state index in [1.807, 2.05) is 18.7 Å². The summed E-state index contributed by atoms with van der Waals surface area (Å²) in [5, 5.41) is 0.369. The summed E-state index contributed by atoms with van der Waals surface area (Å²) in [7, 11) is -0.00956. The summed E-state index contributed by atoms with van der Waals surface area (Å²) in [5.74, 6) is 1.30. The molecular formula is C18H24N2O5S2. The summed E-state index contributed by atoms with van der Waals surface area (Å²) < 4.78 is 35.1. The Labute approximate surface area is 164 Å². The van der Waals surface area contributed by atoms with Crippen LogP contribution in [0.1, 0.15) is 20.3 Å². The lowest BCUT2D eigenvalue weighted by molar-refractivity contribution is -0.118. The Balaban J connectivity index is 2.06. The number of carbonyl (C=O) groups is 1. The summed E-state index contributed by atoms with van der Waals surface area (Å²) >= 11 is 1.35. The van der Waals surface area contributed by atoms with Gasteiger partial charge in [-0.2, -0.15) is 4.99 Å². The van der Waals surface area contributed by atoms with Crippen LogP contribution < -0.4 is 14.4 Å². The van der Waals surface area contributed by atoms with Crippen molar-refractivity contribution >= 4 is 38.4 Å². The number of benzene rings is 1. The Morgan fingerprint density at radius 2 is 2.04 bits per heavy atom. The number of methoxy groups -OCH3 is 2. The fourth-order valence-corrected chi connectivity index (χ4v) is 7.26. The van der Waals surface area contributed by atoms with Gasteiger partial charge in [0.2, 0.25) is 5.91 Å². The summed E-state index contributed by atoms with van der Waals surface area (Å²) in [6.45, 7) is 3.92. The van der Waals surface area contributed by atoms with Crippen molar-refractivity contribution in [2.75, 3.05) is 30.6 Å². The number of sulfone groups is 1. The van der Waals surface area contributed by atoms with Gasteiger partial charge in [0.25, 0.3) is 0 Å². The van der Waals surface area contributed by atoms with E-state index < -0.39 is 9.84 Å². The van der Waals surface area contributed by atoms with E-state index in [9.17, 15) is 13.2 Å². The predicted octanol–water partition coefficient (Wildman–Crippen LogP) is 2.35. The van der Waals surface area contributed by atoms with Crippen molar-refractivity contribution in [3.63, 3.8) is 0 Å². The zero-order chi connectivity index (χ0) is 19.8. The number of rotatable bonds is 5. The SMILES string of the molecule is COc1ccc(OC)c(N2C(=NC(=O)CC(C)C)S[C@@H]3CS(=O)(=O)C[C@@H]32)c1. The molecule has 3 rings (SSSR count). The second-order valence-corrected chi connectivity index (χ2v) is 10.5. The first-order valence-electron chi connectivity index (χ1n) is 8.74. The van der Waals surface area contributed by atoms with E-state index >= 15 is 0 Å². The van der Waals surface area contributed by atoms with E-state index in [0.29, 0.717) is 28.8 Å². The van der Waals surface area contributed by atoms with Crippen molar-refractivity contribution in [2.24, 2.45) is 10.9 Å². The highest BCUT2D eigenvalue weighted by Crippen LogP contribution is 2.45. The maximum atomic E-state index is 12.3. The van der Waals surface area contributed by atoms with E-state index in [-0.39, 0.29) is 34.6 Å². The molecule has 0 aromatic heterocycles. The first kappa shape index (κ1) is 20.0. The minimum atomic E-state index is -3.13. The van der Waals surface area contributed by atoms with E-state index in [4.69, 9.17) is 9.47 Å². The average molecular weight is 413 g/mol. The molecule has 0 radical (unpaired) electrons. The Kier molecular flexibility index (Phi) is 5.71. The quantitative estimate of drug-likeness (QED) is 0.734. The molecule has 2 aliphatic rings. The fraction of sp³-hybridized carbons (Fsp3) is 0.556. The number of amidine groups is 1. The van der Waals surface area contributed by atoms with Gasteiger partial charge in [0.05, 0.1) is 37.5 Å². The standard InChI is InChI=1S/C18H24N2O5S2/c1-11(2)7-17(21)19-18-20(14-9-27(22,23)10-16(14)26-18)13-8-12(24-3)5-6-15(13)25-4/h5-6,8,11,14,16H,7,9-10H2,1-4H3/t14-,16+/m0/s1. The Hall–Kier alpha value is -1.74. The number of amides is 1. The molecule has 148 valence electrons. The van der Waals surface area contributed by atoms with Crippen LogP contribution in [0.4, 0.5) is 5.69 Å². The molecule has 0 N–H and O–H groups in total. The van der Waals surface area contributed by atoms with Gasteiger partial charge in [0, 0.05) is 17.7 Å². The van der Waals surface area contributed by atoms with Crippen molar-refractivity contribution in [3.05, 3.63) is 18.2 Å². The minimum absolute atomic E-state index is 0.0302. The van der Waals surface area contributed by atoms with Crippen LogP contribution in [0.5, 0.6) is 11.5 Å². The molecule has 1 amide bonds. The number of carbonyl (C=O) groups excluding carboxylic acids is 1. The maximum absolute atomic E-state index is 12.3. The van der Waals surface area contributed by atoms with Gasteiger partial charge in [-0.15, -0.1) is 0 Å². The van der Waals surface area contributed by atoms with Crippen LogP contribution in [0.15, 0.2) is 23.2 Å². The topological polar surface area (TPSA) is 85.3 Å². The zero-order valence-electron chi connectivity index (χ0n) is 15.8. The van der Waals surface area contributed by atoms with Crippen LogP contribution in [0.25, 0.3) is 0 Å². The maximum Gasteiger partial charge on any atom is 0.248 e. The van der Waals surface area contributed by atoms with E-state index in [0.717, 1.165) is 0 Å². The molecule has 2 aliphatic heterocycles. The molecule has 0 bridgehead atoms. The van der Waals surface area contributed by atoms with Crippen molar-refractivity contribution < 1.29 is 22.7 Å². The fourth-order valence-electron chi connectivity index (χ4n) is 3.33. The van der Waals surface area contributed by atoms with Crippen molar-refractivity contribution in [3.8, 4) is 11.5 Å². The van der Waals surface area contributed by atoms with Gasteiger partial charge in [0.15, 0.2) is 15.0 Å². The lowest BCUT2D eigenvalue weighted by atomic mass is 10.1. The molecule has 0 saturated carbocycles. The molecule has 0 unspecified atom stereocenters. The number of nitrogens with zero attached hydrogens (tertiary/aromatic N) is 2.